The van der Waals surface area contributed by atoms with Crippen molar-refractivity contribution < 1.29 is 4.74 Å². The fraction of sp³-hybridized carbons (Fsp3) is 0.357. The van der Waals surface area contributed by atoms with Crippen LogP contribution < -0.4 is 9.64 Å². The van der Waals surface area contributed by atoms with Crippen molar-refractivity contribution in [3.8, 4) is 6.01 Å². The minimum Gasteiger partial charge on any atom is -0.458 e. The number of ether oxygens (including phenoxy) is 1. The minimum absolute atomic E-state index is 0.123. The first-order valence-electron chi connectivity index (χ1n) is 6.52. The molecule has 0 N–H and O–H groups in total. The van der Waals surface area contributed by atoms with E-state index in [1.165, 1.54) is 0 Å². The van der Waals surface area contributed by atoms with Crippen LogP contribution in [0.5, 0.6) is 6.01 Å². The Bertz CT molecular complexity index is 590. The Kier molecular flexibility index (Phi) is 3.82. The summed E-state index contributed by atoms with van der Waals surface area (Å²) >= 11 is 3.53. The van der Waals surface area contributed by atoms with Gasteiger partial charge in [0.05, 0.1) is 16.7 Å². The molecular formula is C14H15BrN4O. The maximum absolute atomic E-state index is 5.83. The number of hydrogen-bond acceptors (Lipinski definition) is 5. The van der Waals surface area contributed by atoms with Crippen molar-refractivity contribution in [3.63, 3.8) is 0 Å². The van der Waals surface area contributed by atoms with Gasteiger partial charge in [0.1, 0.15) is 6.10 Å². The van der Waals surface area contributed by atoms with Gasteiger partial charge in [-0.3, -0.25) is 4.98 Å². The van der Waals surface area contributed by atoms with Gasteiger partial charge in [0.2, 0.25) is 0 Å². The lowest BCUT2D eigenvalue weighted by atomic mass is 10.3. The van der Waals surface area contributed by atoms with Crippen molar-refractivity contribution in [2.24, 2.45) is 0 Å². The van der Waals surface area contributed by atoms with Gasteiger partial charge in [0.25, 0.3) is 0 Å². The molecule has 0 radical (unpaired) electrons. The van der Waals surface area contributed by atoms with Crippen LogP contribution in [0, 0.1) is 6.92 Å². The average molecular weight is 335 g/mol. The molecule has 3 heterocycles. The second kappa shape index (κ2) is 5.75. The smallest absolute Gasteiger partial charge is 0.316 e. The zero-order chi connectivity index (χ0) is 13.9. The number of aromatic nitrogens is 3. The van der Waals surface area contributed by atoms with Crippen LogP contribution >= 0.6 is 15.9 Å². The quantitative estimate of drug-likeness (QED) is 0.863. The Balaban J connectivity index is 1.65. The first-order chi connectivity index (χ1) is 9.72. The maximum Gasteiger partial charge on any atom is 0.316 e. The molecule has 0 bridgehead atoms. The highest BCUT2D eigenvalue weighted by molar-refractivity contribution is 9.10. The molecule has 0 spiro atoms. The Morgan fingerprint density at radius 2 is 2.10 bits per heavy atom. The lowest BCUT2D eigenvalue weighted by Crippen LogP contribution is -2.25. The minimum atomic E-state index is 0.123. The van der Waals surface area contributed by atoms with Crippen molar-refractivity contribution in [3.05, 3.63) is 40.9 Å². The highest BCUT2D eigenvalue weighted by Gasteiger charge is 2.26. The first kappa shape index (κ1) is 13.3. The van der Waals surface area contributed by atoms with E-state index in [1.807, 2.05) is 19.2 Å². The molecule has 0 amide bonds. The molecule has 1 aliphatic heterocycles. The molecule has 6 heteroatoms. The summed E-state index contributed by atoms with van der Waals surface area (Å²) in [5.41, 5.74) is 2.18. The van der Waals surface area contributed by atoms with Gasteiger partial charge >= 0.3 is 6.01 Å². The molecule has 0 saturated carbocycles. The second-order valence-electron chi connectivity index (χ2n) is 4.84. The molecule has 20 heavy (non-hydrogen) atoms. The lowest BCUT2D eigenvalue weighted by molar-refractivity contribution is 0.206. The van der Waals surface area contributed by atoms with E-state index in [0.717, 1.165) is 35.2 Å². The van der Waals surface area contributed by atoms with Crippen LogP contribution in [0.3, 0.4) is 0 Å². The Labute approximate surface area is 126 Å². The maximum atomic E-state index is 5.83. The summed E-state index contributed by atoms with van der Waals surface area (Å²) < 4.78 is 6.83. The molecule has 0 aromatic carbocycles. The number of aryl methyl sites for hydroxylation is 1. The number of anilines is 1. The van der Waals surface area contributed by atoms with Gasteiger partial charge < -0.3 is 9.64 Å². The molecule has 0 aliphatic carbocycles. The molecule has 2 aromatic rings. The summed E-state index contributed by atoms with van der Waals surface area (Å²) in [6.45, 7) is 3.75. The molecule has 5 nitrogen and oxygen atoms in total. The summed E-state index contributed by atoms with van der Waals surface area (Å²) in [6, 6.07) is 2.46. The highest BCUT2D eigenvalue weighted by atomic mass is 79.9. The first-order valence-corrected chi connectivity index (χ1v) is 7.31. The van der Waals surface area contributed by atoms with Crippen LogP contribution in [0.15, 0.2) is 35.3 Å². The van der Waals surface area contributed by atoms with Gasteiger partial charge in [-0.05, 0) is 34.5 Å². The molecule has 104 valence electrons. The zero-order valence-corrected chi connectivity index (χ0v) is 12.7. The van der Waals surface area contributed by atoms with E-state index in [9.17, 15) is 0 Å². The van der Waals surface area contributed by atoms with Crippen molar-refractivity contribution in [1.29, 1.82) is 0 Å². The number of nitrogens with zero attached hydrogens (tertiary/aromatic N) is 4. The Hall–Kier alpha value is -1.69. The van der Waals surface area contributed by atoms with E-state index in [2.05, 4.69) is 35.8 Å². The fourth-order valence-electron chi connectivity index (χ4n) is 2.26. The number of rotatable bonds is 3. The monoisotopic (exact) mass is 334 g/mol. The summed E-state index contributed by atoms with van der Waals surface area (Å²) in [6.07, 6.45) is 8.25. The van der Waals surface area contributed by atoms with Gasteiger partial charge in [-0.1, -0.05) is 0 Å². The average Bonchev–Trinajstić information content (AvgIpc) is 2.90. The van der Waals surface area contributed by atoms with Crippen molar-refractivity contribution in [1.82, 2.24) is 15.0 Å². The standard InChI is InChI=1S/C14H15BrN4O/c1-10-6-17-14(18-7-10)20-11-3-5-19(9-11)13-2-4-16-8-12(13)15/h2,4,6-8,11H,3,5,9H2,1H3. The van der Waals surface area contributed by atoms with Gasteiger partial charge in [-0.25, -0.2) is 9.97 Å². The molecular weight excluding hydrogens is 320 g/mol. The van der Waals surface area contributed by atoms with Gasteiger partial charge in [0.15, 0.2) is 0 Å². The zero-order valence-electron chi connectivity index (χ0n) is 11.2. The van der Waals surface area contributed by atoms with Gasteiger partial charge in [-0.15, -0.1) is 0 Å². The molecule has 1 atom stereocenters. The topological polar surface area (TPSA) is 51.1 Å². The molecule has 2 aromatic heterocycles. The van der Waals surface area contributed by atoms with Crippen LogP contribution in [-0.4, -0.2) is 34.1 Å². The summed E-state index contributed by atoms with van der Waals surface area (Å²) in [5, 5.41) is 0. The van der Waals surface area contributed by atoms with Crippen LogP contribution in [0.2, 0.25) is 0 Å². The van der Waals surface area contributed by atoms with E-state index in [0.29, 0.717) is 6.01 Å². The number of hydrogen-bond donors (Lipinski definition) is 0. The normalized spacial score (nSPS) is 18.3. The highest BCUT2D eigenvalue weighted by Crippen LogP contribution is 2.28. The van der Waals surface area contributed by atoms with Crippen LogP contribution in [0.25, 0.3) is 0 Å². The van der Waals surface area contributed by atoms with Crippen LogP contribution in [0.1, 0.15) is 12.0 Å². The summed E-state index contributed by atoms with van der Waals surface area (Å²) in [4.78, 5) is 14.7. The van der Waals surface area contributed by atoms with Crippen molar-refractivity contribution in [2.45, 2.75) is 19.4 Å². The van der Waals surface area contributed by atoms with Gasteiger partial charge in [-0.2, -0.15) is 0 Å². The Morgan fingerprint density at radius 1 is 1.30 bits per heavy atom. The van der Waals surface area contributed by atoms with E-state index in [1.54, 1.807) is 18.6 Å². The van der Waals surface area contributed by atoms with Gasteiger partial charge in [0, 0.05) is 37.8 Å². The Morgan fingerprint density at radius 3 is 2.85 bits per heavy atom. The van der Waals surface area contributed by atoms with Crippen LogP contribution in [-0.2, 0) is 0 Å². The molecule has 1 saturated heterocycles. The summed E-state index contributed by atoms with van der Waals surface area (Å²) in [7, 11) is 0. The predicted molar refractivity (Wildman–Crippen MR) is 80.0 cm³/mol. The molecule has 1 aliphatic rings. The number of halogens is 1. The SMILES string of the molecule is Cc1cnc(OC2CCN(c3ccncc3Br)C2)nc1. The van der Waals surface area contributed by atoms with E-state index >= 15 is 0 Å². The largest absolute Gasteiger partial charge is 0.458 e. The fourth-order valence-corrected chi connectivity index (χ4v) is 2.76. The number of pyridine rings is 1. The van der Waals surface area contributed by atoms with E-state index < -0.39 is 0 Å². The summed E-state index contributed by atoms with van der Waals surface area (Å²) in [5.74, 6) is 0. The predicted octanol–water partition coefficient (Wildman–Crippen LogP) is 2.60. The lowest BCUT2D eigenvalue weighted by Gasteiger charge is -2.19. The van der Waals surface area contributed by atoms with E-state index in [4.69, 9.17) is 4.74 Å². The third-order valence-corrected chi connectivity index (χ3v) is 3.88. The molecule has 1 fully saturated rings. The van der Waals surface area contributed by atoms with Crippen LogP contribution in [0.4, 0.5) is 5.69 Å². The molecule has 3 rings (SSSR count). The third-order valence-electron chi connectivity index (χ3n) is 3.27. The second-order valence-corrected chi connectivity index (χ2v) is 5.70. The van der Waals surface area contributed by atoms with Crippen molar-refractivity contribution >= 4 is 21.6 Å². The van der Waals surface area contributed by atoms with Crippen molar-refractivity contribution in [2.75, 3.05) is 18.0 Å². The van der Waals surface area contributed by atoms with E-state index in [-0.39, 0.29) is 6.10 Å². The molecule has 1 unspecified atom stereocenters. The third kappa shape index (κ3) is 2.90.